The largest absolute Gasteiger partial charge is 0.327 e. The SMILES string of the molecule is CCCCC(N)CN(C)C1CCCC1. The number of nitrogens with zero attached hydrogens (tertiary/aromatic N) is 1. The Bertz CT molecular complexity index is 141. The number of hydrogen-bond donors (Lipinski definition) is 1. The molecule has 1 saturated carbocycles. The molecule has 2 N–H and O–H groups in total. The molecule has 1 atom stereocenters. The molecule has 0 aliphatic heterocycles. The lowest BCUT2D eigenvalue weighted by atomic mass is 10.1. The Morgan fingerprint density at radius 2 is 2.00 bits per heavy atom. The van der Waals surface area contributed by atoms with Crippen molar-refractivity contribution in [1.82, 2.24) is 4.90 Å². The summed E-state index contributed by atoms with van der Waals surface area (Å²) in [6, 6.07) is 1.21. The molecule has 0 saturated heterocycles. The highest BCUT2D eigenvalue weighted by Crippen LogP contribution is 2.22. The van der Waals surface area contributed by atoms with E-state index in [0.717, 1.165) is 12.6 Å². The van der Waals surface area contributed by atoms with Gasteiger partial charge in [0.05, 0.1) is 0 Å². The van der Waals surface area contributed by atoms with Gasteiger partial charge >= 0.3 is 0 Å². The van der Waals surface area contributed by atoms with Gasteiger partial charge in [0.15, 0.2) is 0 Å². The van der Waals surface area contributed by atoms with Crippen molar-refractivity contribution in [2.24, 2.45) is 5.73 Å². The summed E-state index contributed by atoms with van der Waals surface area (Å²) >= 11 is 0. The Kier molecular flexibility index (Phi) is 5.49. The number of unbranched alkanes of at least 4 members (excludes halogenated alkanes) is 1. The van der Waals surface area contributed by atoms with E-state index in [1.165, 1.54) is 44.9 Å². The van der Waals surface area contributed by atoms with Crippen molar-refractivity contribution in [3.63, 3.8) is 0 Å². The lowest BCUT2D eigenvalue weighted by molar-refractivity contribution is 0.227. The summed E-state index contributed by atoms with van der Waals surface area (Å²) in [6.07, 6.45) is 9.33. The van der Waals surface area contributed by atoms with Crippen LogP contribution in [0.3, 0.4) is 0 Å². The lowest BCUT2D eigenvalue weighted by Gasteiger charge is -2.26. The van der Waals surface area contributed by atoms with Gasteiger partial charge in [0.1, 0.15) is 0 Å². The summed E-state index contributed by atoms with van der Waals surface area (Å²) in [6.45, 7) is 3.32. The third kappa shape index (κ3) is 3.97. The molecule has 0 aromatic heterocycles. The molecule has 1 rings (SSSR count). The van der Waals surface area contributed by atoms with Gasteiger partial charge in [-0.2, -0.15) is 0 Å². The third-order valence-electron chi connectivity index (χ3n) is 3.40. The molecule has 84 valence electrons. The summed E-state index contributed by atoms with van der Waals surface area (Å²) in [4.78, 5) is 2.48. The van der Waals surface area contributed by atoms with Crippen LogP contribution in [0.1, 0.15) is 51.9 Å². The second-order valence-electron chi connectivity index (χ2n) is 4.78. The molecule has 2 nitrogen and oxygen atoms in total. The van der Waals surface area contributed by atoms with Crippen molar-refractivity contribution in [3.8, 4) is 0 Å². The first-order valence-corrected chi connectivity index (χ1v) is 6.20. The predicted octanol–water partition coefficient (Wildman–Crippen LogP) is 2.38. The average Bonchev–Trinajstić information content (AvgIpc) is 2.67. The minimum atomic E-state index is 0.389. The van der Waals surface area contributed by atoms with Gasteiger partial charge in [-0.1, -0.05) is 32.6 Å². The van der Waals surface area contributed by atoms with Crippen LogP contribution in [-0.4, -0.2) is 30.6 Å². The van der Waals surface area contributed by atoms with Crippen molar-refractivity contribution in [1.29, 1.82) is 0 Å². The van der Waals surface area contributed by atoms with Crippen LogP contribution in [0.15, 0.2) is 0 Å². The van der Waals surface area contributed by atoms with Crippen molar-refractivity contribution < 1.29 is 0 Å². The lowest BCUT2D eigenvalue weighted by Crippen LogP contribution is -2.39. The molecule has 0 aromatic rings. The third-order valence-corrected chi connectivity index (χ3v) is 3.40. The monoisotopic (exact) mass is 198 g/mol. The molecule has 0 heterocycles. The van der Waals surface area contributed by atoms with Crippen LogP contribution in [0.25, 0.3) is 0 Å². The Balaban J connectivity index is 2.14. The maximum absolute atomic E-state index is 6.09. The van der Waals surface area contributed by atoms with Crippen LogP contribution < -0.4 is 5.73 Å². The van der Waals surface area contributed by atoms with Crippen molar-refractivity contribution >= 4 is 0 Å². The van der Waals surface area contributed by atoms with Gasteiger partial charge in [-0.15, -0.1) is 0 Å². The van der Waals surface area contributed by atoms with Crippen LogP contribution in [0.2, 0.25) is 0 Å². The van der Waals surface area contributed by atoms with Gasteiger partial charge in [-0.3, -0.25) is 0 Å². The van der Waals surface area contributed by atoms with Crippen molar-refractivity contribution in [3.05, 3.63) is 0 Å². The molecule has 1 unspecified atom stereocenters. The van der Waals surface area contributed by atoms with E-state index in [-0.39, 0.29) is 0 Å². The van der Waals surface area contributed by atoms with E-state index < -0.39 is 0 Å². The molecule has 2 heteroatoms. The molecule has 14 heavy (non-hydrogen) atoms. The van der Waals surface area contributed by atoms with Crippen molar-refractivity contribution in [2.75, 3.05) is 13.6 Å². The highest BCUT2D eigenvalue weighted by molar-refractivity contribution is 4.77. The number of hydrogen-bond acceptors (Lipinski definition) is 2. The summed E-state index contributed by atoms with van der Waals surface area (Å²) < 4.78 is 0. The van der Waals surface area contributed by atoms with Crippen LogP contribution in [0, 0.1) is 0 Å². The first-order chi connectivity index (χ1) is 6.74. The predicted molar refractivity (Wildman–Crippen MR) is 62.4 cm³/mol. The molecular formula is C12H26N2. The zero-order valence-corrected chi connectivity index (χ0v) is 9.84. The Morgan fingerprint density at radius 3 is 2.57 bits per heavy atom. The zero-order chi connectivity index (χ0) is 10.4. The first-order valence-electron chi connectivity index (χ1n) is 6.20. The molecular weight excluding hydrogens is 172 g/mol. The van der Waals surface area contributed by atoms with Crippen LogP contribution >= 0.6 is 0 Å². The molecule has 0 radical (unpaired) electrons. The summed E-state index contributed by atoms with van der Waals surface area (Å²) in [5.41, 5.74) is 6.09. The molecule has 1 aliphatic rings. The van der Waals surface area contributed by atoms with Gasteiger partial charge in [0.25, 0.3) is 0 Å². The number of rotatable bonds is 6. The van der Waals surface area contributed by atoms with E-state index in [9.17, 15) is 0 Å². The molecule has 0 spiro atoms. The molecule has 1 fully saturated rings. The second-order valence-corrected chi connectivity index (χ2v) is 4.78. The topological polar surface area (TPSA) is 29.3 Å². The van der Waals surface area contributed by atoms with Gasteiger partial charge in [-0.25, -0.2) is 0 Å². The fourth-order valence-electron chi connectivity index (χ4n) is 2.42. The van der Waals surface area contributed by atoms with E-state index in [4.69, 9.17) is 5.73 Å². The van der Waals surface area contributed by atoms with Gasteiger partial charge in [-0.05, 0) is 26.3 Å². The second kappa shape index (κ2) is 6.41. The smallest absolute Gasteiger partial charge is 0.0167 e. The highest BCUT2D eigenvalue weighted by Gasteiger charge is 2.20. The first kappa shape index (κ1) is 12.0. The quantitative estimate of drug-likeness (QED) is 0.710. The van der Waals surface area contributed by atoms with E-state index in [2.05, 4.69) is 18.9 Å². The molecule has 0 amide bonds. The number of nitrogens with two attached hydrogens (primary N) is 1. The molecule has 1 aliphatic carbocycles. The molecule has 0 aromatic carbocycles. The van der Waals surface area contributed by atoms with Gasteiger partial charge in [0.2, 0.25) is 0 Å². The normalized spacial score (nSPS) is 20.6. The Hall–Kier alpha value is -0.0800. The zero-order valence-electron chi connectivity index (χ0n) is 9.84. The van der Waals surface area contributed by atoms with E-state index in [0.29, 0.717) is 6.04 Å². The maximum atomic E-state index is 6.09. The summed E-state index contributed by atoms with van der Waals surface area (Å²) in [5.74, 6) is 0. The highest BCUT2D eigenvalue weighted by atomic mass is 15.1. The van der Waals surface area contributed by atoms with E-state index in [1.807, 2.05) is 0 Å². The maximum Gasteiger partial charge on any atom is 0.0167 e. The fourth-order valence-corrected chi connectivity index (χ4v) is 2.42. The van der Waals surface area contributed by atoms with Crippen LogP contribution in [0.4, 0.5) is 0 Å². The summed E-state index contributed by atoms with van der Waals surface area (Å²) in [7, 11) is 2.24. The minimum absolute atomic E-state index is 0.389. The average molecular weight is 198 g/mol. The standard InChI is InChI=1S/C12H26N2/c1-3-4-7-11(13)10-14(2)12-8-5-6-9-12/h11-12H,3-10,13H2,1-2H3. The van der Waals surface area contributed by atoms with E-state index >= 15 is 0 Å². The molecule has 0 bridgehead atoms. The number of likely N-dealkylation sites (N-methyl/N-ethyl adjacent to an activating group) is 1. The Labute approximate surface area is 88.8 Å². The van der Waals surface area contributed by atoms with E-state index in [1.54, 1.807) is 0 Å². The fraction of sp³-hybridized carbons (Fsp3) is 1.00. The van der Waals surface area contributed by atoms with Gasteiger partial charge < -0.3 is 10.6 Å². The van der Waals surface area contributed by atoms with Crippen LogP contribution in [-0.2, 0) is 0 Å². The Morgan fingerprint density at radius 1 is 1.36 bits per heavy atom. The minimum Gasteiger partial charge on any atom is -0.327 e. The van der Waals surface area contributed by atoms with Crippen molar-refractivity contribution in [2.45, 2.75) is 64.0 Å². The van der Waals surface area contributed by atoms with Gasteiger partial charge in [0, 0.05) is 18.6 Å². The van der Waals surface area contributed by atoms with Crippen LogP contribution in [0.5, 0.6) is 0 Å². The summed E-state index contributed by atoms with van der Waals surface area (Å²) in [5, 5.41) is 0.